The lowest BCUT2D eigenvalue weighted by Gasteiger charge is -2.07. The van der Waals surface area contributed by atoms with Crippen LogP contribution in [0, 0.1) is 11.6 Å². The summed E-state index contributed by atoms with van der Waals surface area (Å²) in [7, 11) is 0. The lowest BCUT2D eigenvalue weighted by atomic mass is 10.2. The van der Waals surface area contributed by atoms with E-state index in [2.05, 4.69) is 10.6 Å². The minimum absolute atomic E-state index is 0.0433. The van der Waals surface area contributed by atoms with Crippen LogP contribution < -0.4 is 10.6 Å². The summed E-state index contributed by atoms with van der Waals surface area (Å²) >= 11 is 0. The second-order valence-corrected chi connectivity index (χ2v) is 3.35. The quantitative estimate of drug-likeness (QED) is 0.814. The van der Waals surface area contributed by atoms with E-state index in [0.29, 0.717) is 6.54 Å². The zero-order chi connectivity index (χ0) is 12.0. The summed E-state index contributed by atoms with van der Waals surface area (Å²) in [5, 5.41) is 5.07. The molecular weight excluding hydrogens is 214 g/mol. The first-order chi connectivity index (χ1) is 7.63. The van der Waals surface area contributed by atoms with Gasteiger partial charge in [0.25, 0.3) is 0 Å². The van der Waals surface area contributed by atoms with Crippen molar-refractivity contribution in [2.45, 2.75) is 19.9 Å². The van der Waals surface area contributed by atoms with Gasteiger partial charge < -0.3 is 10.6 Å². The molecule has 0 unspecified atom stereocenters. The van der Waals surface area contributed by atoms with Gasteiger partial charge in [-0.25, -0.2) is 13.6 Å². The number of halogens is 2. The van der Waals surface area contributed by atoms with Crippen LogP contribution in [0.25, 0.3) is 0 Å². The van der Waals surface area contributed by atoms with Crippen LogP contribution in [0.1, 0.15) is 18.9 Å². The molecule has 5 heteroatoms. The van der Waals surface area contributed by atoms with Gasteiger partial charge >= 0.3 is 6.03 Å². The second-order valence-electron chi connectivity index (χ2n) is 3.35. The van der Waals surface area contributed by atoms with Gasteiger partial charge in [-0.15, -0.1) is 0 Å². The van der Waals surface area contributed by atoms with E-state index in [1.54, 1.807) is 0 Å². The smallest absolute Gasteiger partial charge is 0.315 e. The molecule has 1 rings (SSSR count). The average Bonchev–Trinajstić information content (AvgIpc) is 2.25. The van der Waals surface area contributed by atoms with Gasteiger partial charge in [0.1, 0.15) is 11.6 Å². The first-order valence-corrected chi connectivity index (χ1v) is 5.09. The maximum atomic E-state index is 13.1. The highest BCUT2D eigenvalue weighted by Crippen LogP contribution is 2.08. The number of rotatable bonds is 4. The first kappa shape index (κ1) is 12.4. The van der Waals surface area contributed by atoms with E-state index >= 15 is 0 Å². The average molecular weight is 228 g/mol. The van der Waals surface area contributed by atoms with Crippen molar-refractivity contribution < 1.29 is 13.6 Å². The van der Waals surface area contributed by atoms with Crippen molar-refractivity contribution in [3.63, 3.8) is 0 Å². The molecule has 0 atom stereocenters. The maximum absolute atomic E-state index is 13.1. The lowest BCUT2D eigenvalue weighted by Crippen LogP contribution is -2.35. The van der Waals surface area contributed by atoms with Gasteiger partial charge in [-0.3, -0.25) is 0 Å². The van der Waals surface area contributed by atoms with Gasteiger partial charge in [-0.1, -0.05) is 13.0 Å². The summed E-state index contributed by atoms with van der Waals surface area (Å²) in [5.41, 5.74) is 0.257. The molecular formula is C11H14F2N2O. The molecule has 0 radical (unpaired) electrons. The van der Waals surface area contributed by atoms with E-state index in [9.17, 15) is 13.6 Å². The van der Waals surface area contributed by atoms with Gasteiger partial charge in [-0.05, 0) is 12.5 Å². The Balaban J connectivity index is 2.45. The zero-order valence-electron chi connectivity index (χ0n) is 9.02. The topological polar surface area (TPSA) is 41.1 Å². The molecule has 0 aliphatic carbocycles. The van der Waals surface area contributed by atoms with Gasteiger partial charge in [0, 0.05) is 24.7 Å². The molecule has 0 spiro atoms. The zero-order valence-corrected chi connectivity index (χ0v) is 9.02. The van der Waals surface area contributed by atoms with Crippen LogP contribution in [0.2, 0.25) is 0 Å². The monoisotopic (exact) mass is 228 g/mol. The minimum Gasteiger partial charge on any atom is -0.338 e. The van der Waals surface area contributed by atoms with Crippen LogP contribution in [0.15, 0.2) is 18.2 Å². The fraction of sp³-hybridized carbons (Fsp3) is 0.364. The van der Waals surface area contributed by atoms with Gasteiger partial charge in [0.05, 0.1) is 0 Å². The van der Waals surface area contributed by atoms with Crippen LogP contribution in [-0.2, 0) is 6.54 Å². The number of benzene rings is 1. The van der Waals surface area contributed by atoms with Crippen molar-refractivity contribution in [2.75, 3.05) is 6.54 Å². The standard InChI is InChI=1S/C11H14F2N2O/c1-2-5-14-11(16)15-7-8-3-4-9(12)6-10(8)13/h3-4,6H,2,5,7H2,1H3,(H2,14,15,16). The molecule has 0 aliphatic rings. The summed E-state index contributed by atoms with van der Waals surface area (Å²) in [6.07, 6.45) is 0.832. The molecule has 0 aromatic heterocycles. The summed E-state index contributed by atoms with van der Waals surface area (Å²) in [6.45, 7) is 2.54. The molecule has 0 heterocycles. The number of urea groups is 1. The SMILES string of the molecule is CCCNC(=O)NCc1ccc(F)cc1F. The highest BCUT2D eigenvalue weighted by molar-refractivity contribution is 5.73. The molecule has 0 bridgehead atoms. The lowest BCUT2D eigenvalue weighted by molar-refractivity contribution is 0.240. The normalized spacial score (nSPS) is 9.94. The Morgan fingerprint density at radius 2 is 2.06 bits per heavy atom. The van der Waals surface area contributed by atoms with Gasteiger partial charge in [0.2, 0.25) is 0 Å². The summed E-state index contributed by atoms with van der Waals surface area (Å²) < 4.78 is 25.7. The third-order valence-corrected chi connectivity index (χ3v) is 1.99. The summed E-state index contributed by atoms with van der Waals surface area (Å²) in [4.78, 5) is 11.1. The Bertz CT molecular complexity index is 369. The third-order valence-electron chi connectivity index (χ3n) is 1.99. The third kappa shape index (κ3) is 3.84. The Kier molecular flexibility index (Phi) is 4.69. The van der Waals surface area contributed by atoms with Crippen LogP contribution in [0.5, 0.6) is 0 Å². The number of hydrogen-bond donors (Lipinski definition) is 2. The second kappa shape index (κ2) is 6.05. The van der Waals surface area contributed by atoms with Crippen LogP contribution in [0.4, 0.5) is 13.6 Å². The van der Waals surface area contributed by atoms with E-state index in [4.69, 9.17) is 0 Å². The number of nitrogens with one attached hydrogen (secondary N) is 2. The Hall–Kier alpha value is -1.65. The molecule has 88 valence electrons. The molecule has 1 aromatic carbocycles. The first-order valence-electron chi connectivity index (χ1n) is 5.09. The Morgan fingerprint density at radius 1 is 1.31 bits per heavy atom. The van der Waals surface area contributed by atoms with Crippen molar-refractivity contribution in [2.24, 2.45) is 0 Å². The molecule has 0 saturated carbocycles. The van der Waals surface area contributed by atoms with Crippen molar-refractivity contribution in [3.05, 3.63) is 35.4 Å². The van der Waals surface area contributed by atoms with Gasteiger partial charge in [-0.2, -0.15) is 0 Å². The Labute approximate surface area is 92.8 Å². The van der Waals surface area contributed by atoms with E-state index in [1.165, 1.54) is 6.07 Å². The fourth-order valence-corrected chi connectivity index (χ4v) is 1.14. The van der Waals surface area contributed by atoms with Crippen molar-refractivity contribution in [1.29, 1.82) is 0 Å². The molecule has 16 heavy (non-hydrogen) atoms. The molecule has 2 N–H and O–H groups in total. The fourth-order valence-electron chi connectivity index (χ4n) is 1.14. The number of amides is 2. The van der Waals surface area contributed by atoms with E-state index in [0.717, 1.165) is 18.6 Å². The molecule has 1 aromatic rings. The van der Waals surface area contributed by atoms with E-state index in [-0.39, 0.29) is 18.1 Å². The van der Waals surface area contributed by atoms with Gasteiger partial charge in [0.15, 0.2) is 0 Å². The van der Waals surface area contributed by atoms with Crippen molar-refractivity contribution in [3.8, 4) is 0 Å². The summed E-state index contributed by atoms with van der Waals surface area (Å²) in [6, 6.07) is 2.90. The number of carbonyl (C=O) groups is 1. The molecule has 0 fully saturated rings. The van der Waals surface area contributed by atoms with Crippen LogP contribution >= 0.6 is 0 Å². The molecule has 3 nitrogen and oxygen atoms in total. The molecule has 0 aliphatic heterocycles. The maximum Gasteiger partial charge on any atom is 0.315 e. The largest absolute Gasteiger partial charge is 0.338 e. The molecule has 0 saturated heterocycles. The number of hydrogen-bond acceptors (Lipinski definition) is 1. The van der Waals surface area contributed by atoms with Crippen LogP contribution in [0.3, 0.4) is 0 Å². The predicted octanol–water partition coefficient (Wildman–Crippen LogP) is 2.17. The van der Waals surface area contributed by atoms with E-state index in [1.807, 2.05) is 6.92 Å². The Morgan fingerprint density at radius 3 is 2.69 bits per heavy atom. The van der Waals surface area contributed by atoms with Crippen molar-refractivity contribution in [1.82, 2.24) is 10.6 Å². The minimum atomic E-state index is -0.657. The highest BCUT2D eigenvalue weighted by atomic mass is 19.1. The predicted molar refractivity (Wildman–Crippen MR) is 56.9 cm³/mol. The van der Waals surface area contributed by atoms with Crippen molar-refractivity contribution >= 4 is 6.03 Å². The van der Waals surface area contributed by atoms with Crippen LogP contribution in [-0.4, -0.2) is 12.6 Å². The highest BCUT2D eigenvalue weighted by Gasteiger charge is 2.05. The van der Waals surface area contributed by atoms with E-state index < -0.39 is 11.6 Å². The number of carbonyl (C=O) groups excluding carboxylic acids is 1. The summed E-state index contributed by atoms with van der Waals surface area (Å²) in [5.74, 6) is -1.28. The molecule has 2 amide bonds.